The standard InChI is InChI=1S/C14H20F2N2/c1-9-2-5-11(6-3-9)18-13-7-4-10(17)8-12(13)14(15)16/h4,7-9,11,14,18H,2-3,5-6,17H2,1H3. The fraction of sp³-hybridized carbons (Fsp3) is 0.571. The number of hydrogen-bond donors (Lipinski definition) is 2. The molecule has 1 saturated carbocycles. The van der Waals surface area contributed by atoms with Gasteiger partial charge in [0.15, 0.2) is 0 Å². The lowest BCUT2D eigenvalue weighted by Crippen LogP contribution is -2.25. The number of nitrogen functional groups attached to an aromatic ring is 1. The van der Waals surface area contributed by atoms with Gasteiger partial charge in [0.25, 0.3) is 6.43 Å². The molecule has 1 aromatic carbocycles. The van der Waals surface area contributed by atoms with Gasteiger partial charge in [0.05, 0.1) is 0 Å². The fourth-order valence-corrected chi connectivity index (χ4v) is 2.52. The summed E-state index contributed by atoms with van der Waals surface area (Å²) < 4.78 is 25.9. The lowest BCUT2D eigenvalue weighted by Gasteiger charge is -2.28. The molecule has 100 valence electrons. The number of benzene rings is 1. The van der Waals surface area contributed by atoms with Crippen LogP contribution in [-0.4, -0.2) is 6.04 Å². The highest BCUT2D eigenvalue weighted by Gasteiger charge is 2.20. The van der Waals surface area contributed by atoms with Crippen LogP contribution in [0.1, 0.15) is 44.6 Å². The van der Waals surface area contributed by atoms with E-state index in [1.54, 1.807) is 12.1 Å². The molecule has 0 spiro atoms. The minimum absolute atomic E-state index is 0.00798. The average Bonchev–Trinajstić information content (AvgIpc) is 2.34. The van der Waals surface area contributed by atoms with E-state index in [9.17, 15) is 8.78 Å². The normalized spacial score (nSPS) is 24.2. The molecule has 0 heterocycles. The second kappa shape index (κ2) is 5.55. The Hall–Kier alpha value is -1.32. The summed E-state index contributed by atoms with van der Waals surface area (Å²) in [4.78, 5) is 0. The summed E-state index contributed by atoms with van der Waals surface area (Å²) in [5.74, 6) is 0.754. The quantitative estimate of drug-likeness (QED) is 0.793. The second-order valence-electron chi connectivity index (χ2n) is 5.25. The predicted molar refractivity (Wildman–Crippen MR) is 70.9 cm³/mol. The Morgan fingerprint density at radius 1 is 1.22 bits per heavy atom. The van der Waals surface area contributed by atoms with Crippen LogP contribution in [0.3, 0.4) is 0 Å². The van der Waals surface area contributed by atoms with Crippen molar-refractivity contribution in [3.05, 3.63) is 23.8 Å². The molecule has 0 aliphatic heterocycles. The van der Waals surface area contributed by atoms with Gasteiger partial charge in [-0.1, -0.05) is 6.92 Å². The summed E-state index contributed by atoms with van der Waals surface area (Å²) in [6.45, 7) is 2.24. The Morgan fingerprint density at radius 2 is 1.89 bits per heavy atom. The third-order valence-electron chi connectivity index (χ3n) is 3.69. The van der Waals surface area contributed by atoms with Gasteiger partial charge in [-0.2, -0.15) is 0 Å². The summed E-state index contributed by atoms with van der Waals surface area (Å²) in [6, 6.07) is 5.00. The molecule has 0 saturated heterocycles. The van der Waals surface area contributed by atoms with Crippen molar-refractivity contribution < 1.29 is 8.78 Å². The number of anilines is 2. The first-order chi connectivity index (χ1) is 8.56. The van der Waals surface area contributed by atoms with E-state index in [2.05, 4.69) is 12.2 Å². The van der Waals surface area contributed by atoms with Crippen molar-refractivity contribution in [1.82, 2.24) is 0 Å². The van der Waals surface area contributed by atoms with E-state index in [1.807, 2.05) is 0 Å². The maximum atomic E-state index is 12.9. The first-order valence-corrected chi connectivity index (χ1v) is 6.50. The van der Waals surface area contributed by atoms with Gasteiger partial charge < -0.3 is 11.1 Å². The molecule has 0 bridgehead atoms. The van der Waals surface area contributed by atoms with Crippen LogP contribution in [0.25, 0.3) is 0 Å². The van der Waals surface area contributed by atoms with Crippen molar-refractivity contribution in [2.24, 2.45) is 5.92 Å². The van der Waals surface area contributed by atoms with Crippen LogP contribution in [-0.2, 0) is 0 Å². The van der Waals surface area contributed by atoms with Crippen LogP contribution in [0.4, 0.5) is 20.2 Å². The maximum absolute atomic E-state index is 12.9. The molecule has 1 aromatic rings. The van der Waals surface area contributed by atoms with Crippen molar-refractivity contribution in [2.75, 3.05) is 11.1 Å². The number of hydrogen-bond acceptors (Lipinski definition) is 2. The van der Waals surface area contributed by atoms with E-state index >= 15 is 0 Å². The number of nitrogens with two attached hydrogens (primary N) is 1. The molecule has 0 radical (unpaired) electrons. The van der Waals surface area contributed by atoms with Gasteiger partial charge >= 0.3 is 0 Å². The molecule has 0 amide bonds. The molecule has 2 nitrogen and oxygen atoms in total. The highest BCUT2D eigenvalue weighted by Crippen LogP contribution is 2.32. The monoisotopic (exact) mass is 254 g/mol. The van der Waals surface area contributed by atoms with Gasteiger partial charge in [-0.25, -0.2) is 8.78 Å². The fourth-order valence-electron chi connectivity index (χ4n) is 2.52. The molecule has 4 heteroatoms. The van der Waals surface area contributed by atoms with Crippen LogP contribution in [0.15, 0.2) is 18.2 Å². The molecule has 0 aromatic heterocycles. The zero-order valence-corrected chi connectivity index (χ0v) is 10.6. The third kappa shape index (κ3) is 3.12. The molecule has 2 rings (SSSR count). The molecule has 1 aliphatic carbocycles. The van der Waals surface area contributed by atoms with Crippen LogP contribution in [0, 0.1) is 5.92 Å². The van der Waals surface area contributed by atoms with Crippen LogP contribution >= 0.6 is 0 Å². The van der Waals surface area contributed by atoms with E-state index in [0.717, 1.165) is 31.6 Å². The van der Waals surface area contributed by atoms with E-state index in [1.165, 1.54) is 6.07 Å². The van der Waals surface area contributed by atoms with Gasteiger partial charge in [-0.15, -0.1) is 0 Å². The van der Waals surface area contributed by atoms with Crippen molar-refractivity contribution in [3.8, 4) is 0 Å². The Morgan fingerprint density at radius 3 is 2.50 bits per heavy atom. The van der Waals surface area contributed by atoms with Gasteiger partial charge in [-0.3, -0.25) is 0 Å². The summed E-state index contributed by atoms with van der Waals surface area (Å²) in [5, 5.41) is 3.24. The van der Waals surface area contributed by atoms with Crippen LogP contribution < -0.4 is 11.1 Å². The number of nitrogens with one attached hydrogen (secondary N) is 1. The zero-order chi connectivity index (χ0) is 13.1. The van der Waals surface area contributed by atoms with Crippen molar-refractivity contribution in [1.29, 1.82) is 0 Å². The Bertz CT molecular complexity index is 399. The number of alkyl halides is 2. The second-order valence-corrected chi connectivity index (χ2v) is 5.25. The Kier molecular flexibility index (Phi) is 4.04. The summed E-state index contributed by atoms with van der Waals surface area (Å²) in [6.07, 6.45) is 1.94. The minimum atomic E-state index is -2.49. The lowest BCUT2D eigenvalue weighted by molar-refractivity contribution is 0.152. The molecule has 1 fully saturated rings. The molecular formula is C14H20F2N2. The zero-order valence-electron chi connectivity index (χ0n) is 10.6. The largest absolute Gasteiger partial charge is 0.399 e. The first kappa shape index (κ1) is 13.1. The van der Waals surface area contributed by atoms with Gasteiger partial charge in [0.1, 0.15) is 0 Å². The minimum Gasteiger partial charge on any atom is -0.399 e. The van der Waals surface area contributed by atoms with Crippen molar-refractivity contribution >= 4 is 11.4 Å². The predicted octanol–water partition coefficient (Wildman–Crippen LogP) is 4.20. The molecule has 3 N–H and O–H groups in total. The van der Waals surface area contributed by atoms with E-state index in [0.29, 0.717) is 17.4 Å². The van der Waals surface area contributed by atoms with E-state index in [4.69, 9.17) is 5.73 Å². The van der Waals surface area contributed by atoms with Crippen LogP contribution in [0.2, 0.25) is 0 Å². The number of rotatable bonds is 3. The average molecular weight is 254 g/mol. The van der Waals surface area contributed by atoms with Gasteiger partial charge in [0.2, 0.25) is 0 Å². The maximum Gasteiger partial charge on any atom is 0.265 e. The van der Waals surface area contributed by atoms with Crippen LogP contribution in [0.5, 0.6) is 0 Å². The summed E-state index contributed by atoms with van der Waals surface area (Å²) in [5.41, 5.74) is 6.47. The molecule has 1 aliphatic rings. The molecule has 0 atom stereocenters. The molecular weight excluding hydrogens is 234 g/mol. The highest BCUT2D eigenvalue weighted by molar-refractivity contribution is 5.59. The number of halogens is 2. The summed E-state index contributed by atoms with van der Waals surface area (Å²) in [7, 11) is 0. The van der Waals surface area contributed by atoms with Gasteiger partial charge in [-0.05, 0) is 49.8 Å². The third-order valence-corrected chi connectivity index (χ3v) is 3.69. The summed E-state index contributed by atoms with van der Waals surface area (Å²) >= 11 is 0. The molecule has 0 unspecified atom stereocenters. The highest BCUT2D eigenvalue weighted by atomic mass is 19.3. The topological polar surface area (TPSA) is 38.0 Å². The molecule has 18 heavy (non-hydrogen) atoms. The Balaban J connectivity index is 2.09. The smallest absolute Gasteiger partial charge is 0.265 e. The van der Waals surface area contributed by atoms with E-state index < -0.39 is 6.43 Å². The van der Waals surface area contributed by atoms with E-state index in [-0.39, 0.29) is 5.56 Å². The Labute approximate surface area is 107 Å². The first-order valence-electron chi connectivity index (χ1n) is 6.50. The van der Waals surface area contributed by atoms with Crippen molar-refractivity contribution in [3.63, 3.8) is 0 Å². The SMILES string of the molecule is CC1CCC(Nc2ccc(N)cc2C(F)F)CC1. The van der Waals surface area contributed by atoms with Crippen molar-refractivity contribution in [2.45, 2.75) is 45.1 Å². The lowest BCUT2D eigenvalue weighted by atomic mass is 9.87. The van der Waals surface area contributed by atoms with Gasteiger partial charge in [0, 0.05) is 23.0 Å².